The maximum Gasteiger partial charge on any atom is 0.0733 e. The topological polar surface area (TPSA) is 58.3 Å². The lowest BCUT2D eigenvalue weighted by Gasteiger charge is -2.47. The minimum absolute atomic E-state index is 0.457. The van der Waals surface area contributed by atoms with Gasteiger partial charge >= 0.3 is 0 Å². The zero-order valence-electron chi connectivity index (χ0n) is 93.1. The molecule has 18 heteroatoms. The Labute approximate surface area is 792 Å². The fraction of sp³-hybridized carbons (Fsp3) is 1.00. The third-order valence-electron chi connectivity index (χ3n) is 33.3. The zero-order chi connectivity index (χ0) is 95.4. The molecule has 18 rings (SSSR count). The van der Waals surface area contributed by atoms with Crippen molar-refractivity contribution in [2.45, 2.75) is 395 Å². The van der Waals surface area contributed by atoms with Crippen molar-refractivity contribution in [1.82, 2.24) is 88.2 Å². The van der Waals surface area contributed by atoms with Crippen LogP contribution in [0, 0.1) is 10.8 Å². The fourth-order valence-electron chi connectivity index (χ4n) is 26.0. The van der Waals surface area contributed by atoms with Gasteiger partial charge in [-0.05, 0) is 480 Å². The summed E-state index contributed by atoms with van der Waals surface area (Å²) < 4.78 is 0. The Bertz CT molecular complexity index is 2430. The van der Waals surface area contributed by atoms with Gasteiger partial charge < -0.3 is 49.0 Å². The summed E-state index contributed by atoms with van der Waals surface area (Å²) in [7, 11) is 40.9. The quantitative estimate of drug-likeness (QED) is 0.231. The van der Waals surface area contributed by atoms with Gasteiger partial charge in [-0.1, -0.05) is 137 Å². The molecular formula is C108H234N18. The van der Waals surface area contributed by atoms with Crippen LogP contribution < -0.4 is 0 Å². The van der Waals surface area contributed by atoms with Crippen molar-refractivity contribution < 1.29 is 0 Å². The lowest BCUT2D eigenvalue weighted by atomic mass is 9.79. The van der Waals surface area contributed by atoms with Gasteiger partial charge in [-0.25, -0.2) is 0 Å². The average molecular weight is 1790 g/mol. The van der Waals surface area contributed by atoms with Crippen molar-refractivity contribution in [2.24, 2.45) is 10.8 Å². The highest BCUT2D eigenvalue weighted by molar-refractivity contribution is 5.05. The molecule has 18 aliphatic rings. The van der Waals surface area contributed by atoms with E-state index in [1.807, 2.05) is 125 Å². The van der Waals surface area contributed by atoms with E-state index in [1.165, 1.54) is 408 Å². The first-order chi connectivity index (χ1) is 60.6. The average Bonchev–Trinajstić information content (AvgIpc) is 1.61. The number of nitrogens with zero attached hydrogens (tertiary/aromatic N) is 18. The van der Waals surface area contributed by atoms with Crippen LogP contribution in [0.5, 0.6) is 0 Å². The number of piperidine rings is 9. The highest BCUT2D eigenvalue weighted by Gasteiger charge is 2.49. The maximum atomic E-state index is 2.60. The van der Waals surface area contributed by atoms with Gasteiger partial charge in [0.2, 0.25) is 0 Å². The molecule has 0 aliphatic carbocycles. The summed E-state index contributed by atoms with van der Waals surface area (Å²) >= 11 is 0. The van der Waals surface area contributed by atoms with E-state index >= 15 is 0 Å². The lowest BCUT2D eigenvalue weighted by molar-refractivity contribution is -0.0284. The third-order valence-corrected chi connectivity index (χ3v) is 33.3. The van der Waals surface area contributed by atoms with Crippen LogP contribution in [0.3, 0.4) is 0 Å². The lowest BCUT2D eigenvalue weighted by Crippen LogP contribution is -2.56. The number of rotatable bonds is 0. The van der Waals surface area contributed by atoms with Gasteiger partial charge in [0.15, 0.2) is 0 Å². The van der Waals surface area contributed by atoms with Gasteiger partial charge in [-0.3, -0.25) is 39.2 Å². The number of likely N-dealkylation sites (N-methyl/N-ethyl adjacent to an activating group) is 8. The highest BCUT2D eigenvalue weighted by atomic mass is 15.4. The molecule has 0 amide bonds. The molecule has 756 valence electrons. The van der Waals surface area contributed by atoms with Gasteiger partial charge in [0.25, 0.3) is 0 Å². The van der Waals surface area contributed by atoms with Crippen molar-refractivity contribution in [3.8, 4) is 0 Å². The second-order valence-electron chi connectivity index (χ2n) is 41.3. The standard InChI is InChI=1S/9C10H20N2.9C2H6/c2*1-11-7-3-5-10(9-11)6-4-8-12(10)2;1-11-8-5-10(6-9-11)4-3-7-12(10)2;2*1-11-6-3-4-10(8-11)5-7-12(2)9-10;2*1-11-8-4-3-6-10(11)7-5-9-12(10)2;2*1-11-8-6-10(9-11)5-3-4-7-12(10)2;9*1-2/h9*3-9H2,1-2H3;9*1-2H3. The minimum atomic E-state index is 0.457. The molecule has 8 unspecified atom stereocenters. The van der Waals surface area contributed by atoms with E-state index in [0.717, 1.165) is 0 Å². The second-order valence-corrected chi connectivity index (χ2v) is 41.3. The van der Waals surface area contributed by atoms with Gasteiger partial charge in [-0.2, -0.15) is 0 Å². The van der Waals surface area contributed by atoms with E-state index in [1.54, 1.807) is 0 Å². The zero-order valence-corrected chi connectivity index (χ0v) is 93.1. The third kappa shape index (κ3) is 36.6. The summed E-state index contributed by atoms with van der Waals surface area (Å²) in [6.45, 7) is 71.3. The maximum absolute atomic E-state index is 2.60. The van der Waals surface area contributed by atoms with Crippen LogP contribution in [0.1, 0.15) is 356 Å². The minimum Gasteiger partial charge on any atom is -0.306 e. The fourth-order valence-corrected chi connectivity index (χ4v) is 26.0. The molecule has 0 aromatic rings. The molecule has 18 nitrogen and oxygen atoms in total. The largest absolute Gasteiger partial charge is 0.306 e. The normalized spacial score (nSPS) is 33.5. The smallest absolute Gasteiger partial charge is 0.0733 e. The first kappa shape index (κ1) is 123. The Morgan fingerprint density at radius 2 is 0.286 bits per heavy atom. The van der Waals surface area contributed by atoms with Crippen LogP contribution in [0.2, 0.25) is 0 Å². The van der Waals surface area contributed by atoms with Crippen LogP contribution in [0.25, 0.3) is 0 Å². The molecule has 18 heterocycles. The molecule has 9 spiro atoms. The van der Waals surface area contributed by atoms with Gasteiger partial charge in [0.1, 0.15) is 0 Å². The molecule has 0 aromatic carbocycles. The van der Waals surface area contributed by atoms with Crippen LogP contribution in [-0.2, 0) is 0 Å². The summed E-state index contributed by atoms with van der Waals surface area (Å²) in [5, 5.41) is 0. The Hall–Kier alpha value is -0.720. The molecule has 0 N–H and O–H groups in total. The monoisotopic (exact) mass is 1780 g/mol. The van der Waals surface area contributed by atoms with Crippen LogP contribution >= 0.6 is 0 Å². The molecule has 0 radical (unpaired) electrons. The predicted molar refractivity (Wildman–Crippen MR) is 563 cm³/mol. The molecule has 18 fully saturated rings. The van der Waals surface area contributed by atoms with Gasteiger partial charge in [0.05, 0.1) is 11.3 Å². The molecular weight excluding hydrogens is 1550 g/mol. The van der Waals surface area contributed by atoms with Crippen molar-refractivity contribution in [3.05, 3.63) is 0 Å². The predicted octanol–water partition coefficient (Wildman–Crippen LogP) is 20.2. The first-order valence-electron chi connectivity index (χ1n) is 55.1. The Morgan fingerprint density at radius 1 is 0.119 bits per heavy atom. The van der Waals surface area contributed by atoms with E-state index in [2.05, 4.69) is 215 Å². The molecule has 0 saturated carbocycles. The Kier molecular flexibility index (Phi) is 63.7. The van der Waals surface area contributed by atoms with E-state index in [0.29, 0.717) is 49.9 Å². The molecule has 8 atom stereocenters. The van der Waals surface area contributed by atoms with Gasteiger partial charge in [-0.15, -0.1) is 0 Å². The van der Waals surface area contributed by atoms with Crippen LogP contribution in [0.15, 0.2) is 0 Å². The summed E-state index contributed by atoms with van der Waals surface area (Å²) in [4.78, 5) is 45.6. The molecule has 0 bridgehead atoms. The van der Waals surface area contributed by atoms with E-state index in [9.17, 15) is 0 Å². The molecule has 0 aromatic heterocycles. The van der Waals surface area contributed by atoms with E-state index in [-0.39, 0.29) is 0 Å². The van der Waals surface area contributed by atoms with E-state index in [4.69, 9.17) is 0 Å². The molecule has 126 heavy (non-hydrogen) atoms. The highest BCUT2D eigenvalue weighted by Crippen LogP contribution is 2.44. The summed E-state index contributed by atoms with van der Waals surface area (Å²) in [5.41, 5.74) is 5.10. The Balaban J connectivity index is 0.000000692. The Morgan fingerprint density at radius 3 is 0.516 bits per heavy atom. The second kappa shape index (κ2) is 65.1. The molecule has 18 saturated heterocycles. The van der Waals surface area contributed by atoms with Crippen molar-refractivity contribution in [2.75, 3.05) is 304 Å². The van der Waals surface area contributed by atoms with Crippen molar-refractivity contribution >= 4 is 0 Å². The SMILES string of the molecule is CC.CC.CC.CC.CC.CC.CC.CC.CC.CN1CCC2(CCCCN2C)C1.CN1CCC2(CCCCN2C)C1.CN1CCC2(CCCN2C)CC1.CN1CCCC2(CCCN2C)C1.CN1CCCC2(CCCN2C)C1.CN1CCCC2(CCN(C)C2)C1.CN1CCCC2(CCN(C)C2)C1.CN1CCCCC12CCCN2C.CN1CCCCC12CCCN2C. The number of hydrogen-bond acceptors (Lipinski definition) is 18. The number of likely N-dealkylation sites (tertiary alicyclic amines) is 18. The summed E-state index contributed by atoms with van der Waals surface area (Å²) in [5.74, 6) is 0. The number of hydrogen-bond donors (Lipinski definition) is 0. The van der Waals surface area contributed by atoms with Gasteiger partial charge in [0, 0.05) is 80.1 Å². The van der Waals surface area contributed by atoms with Crippen molar-refractivity contribution in [3.63, 3.8) is 0 Å². The summed E-state index contributed by atoms with van der Waals surface area (Å²) in [6.07, 6.45) is 50.8. The van der Waals surface area contributed by atoms with Crippen LogP contribution in [-0.4, -0.2) is 431 Å². The van der Waals surface area contributed by atoms with E-state index < -0.39 is 0 Å². The van der Waals surface area contributed by atoms with Crippen LogP contribution in [0.4, 0.5) is 0 Å². The first-order valence-corrected chi connectivity index (χ1v) is 55.1. The summed E-state index contributed by atoms with van der Waals surface area (Å²) in [6, 6.07) is 0. The van der Waals surface area contributed by atoms with Crippen molar-refractivity contribution in [1.29, 1.82) is 0 Å². The molecule has 18 aliphatic heterocycles.